The first-order valence-electron chi connectivity index (χ1n) is 8.54. The lowest BCUT2D eigenvalue weighted by atomic mass is 10.0. The normalized spacial score (nSPS) is 16.7. The lowest BCUT2D eigenvalue weighted by Gasteiger charge is -2.37. The number of amides is 1. The van der Waals surface area contributed by atoms with Gasteiger partial charge in [-0.25, -0.2) is 0 Å². The molecule has 1 atom stereocenters. The van der Waals surface area contributed by atoms with Crippen molar-refractivity contribution in [2.45, 2.75) is 6.04 Å². The number of hydrogen-bond acceptors (Lipinski definition) is 6. The van der Waals surface area contributed by atoms with Crippen LogP contribution in [0.15, 0.2) is 42.5 Å². The summed E-state index contributed by atoms with van der Waals surface area (Å²) < 4.78 is 10.5. The molecule has 0 radical (unpaired) electrons. The van der Waals surface area contributed by atoms with Gasteiger partial charge >= 0.3 is 5.69 Å². The number of carbonyl (C=O) groups excluding carboxylic acids is 1. The molecule has 2 aromatic carbocycles. The van der Waals surface area contributed by atoms with E-state index in [0.717, 1.165) is 5.56 Å². The van der Waals surface area contributed by atoms with Crippen LogP contribution >= 0.6 is 0 Å². The molecule has 0 bridgehead atoms. The summed E-state index contributed by atoms with van der Waals surface area (Å²) in [4.78, 5) is 25.6. The van der Waals surface area contributed by atoms with E-state index in [2.05, 4.69) is 5.32 Å². The molecule has 1 aliphatic rings. The average Bonchev–Trinajstić information content (AvgIpc) is 2.72. The van der Waals surface area contributed by atoms with Crippen molar-refractivity contribution in [1.82, 2.24) is 10.2 Å². The first-order valence-corrected chi connectivity index (χ1v) is 8.54. The minimum atomic E-state index is -0.551. The molecule has 1 amide bonds. The summed E-state index contributed by atoms with van der Waals surface area (Å²) >= 11 is 0. The molecule has 0 aliphatic carbocycles. The zero-order valence-corrected chi connectivity index (χ0v) is 15.2. The maximum Gasteiger partial charge on any atom is 0.311 e. The molecule has 1 N–H and O–H groups in total. The highest BCUT2D eigenvalue weighted by molar-refractivity contribution is 5.95. The first-order chi connectivity index (χ1) is 13.1. The van der Waals surface area contributed by atoms with Gasteiger partial charge in [-0.05, 0) is 18.2 Å². The molecule has 2 aromatic rings. The molecule has 1 saturated heterocycles. The van der Waals surface area contributed by atoms with E-state index >= 15 is 0 Å². The number of methoxy groups -OCH3 is 2. The van der Waals surface area contributed by atoms with Gasteiger partial charge in [0, 0.05) is 36.8 Å². The fourth-order valence-corrected chi connectivity index (χ4v) is 3.30. The van der Waals surface area contributed by atoms with E-state index < -0.39 is 4.92 Å². The fourth-order valence-electron chi connectivity index (χ4n) is 3.30. The summed E-state index contributed by atoms with van der Waals surface area (Å²) in [6.45, 7) is 1.71. The number of benzene rings is 2. The molecular weight excluding hydrogens is 350 g/mol. The zero-order valence-electron chi connectivity index (χ0n) is 15.2. The Morgan fingerprint density at radius 3 is 2.63 bits per heavy atom. The quantitative estimate of drug-likeness (QED) is 0.641. The number of para-hydroxylation sites is 1. The Bertz CT molecular complexity index is 855. The lowest BCUT2D eigenvalue weighted by molar-refractivity contribution is -0.385. The summed E-state index contributed by atoms with van der Waals surface area (Å²) in [5, 5.41) is 14.6. The van der Waals surface area contributed by atoms with Gasteiger partial charge in [0.2, 0.25) is 0 Å². The van der Waals surface area contributed by atoms with Crippen LogP contribution in [0, 0.1) is 10.1 Å². The van der Waals surface area contributed by atoms with Crippen LogP contribution in [0.1, 0.15) is 22.0 Å². The molecule has 0 saturated carbocycles. The predicted octanol–water partition coefficient (Wildman–Crippen LogP) is 2.40. The molecule has 3 rings (SSSR count). The number of ether oxygens (including phenoxy) is 2. The predicted molar refractivity (Wildman–Crippen MR) is 99.3 cm³/mol. The van der Waals surface area contributed by atoms with Crippen molar-refractivity contribution in [2.75, 3.05) is 33.9 Å². The van der Waals surface area contributed by atoms with Crippen LogP contribution in [0.5, 0.6) is 11.5 Å². The highest BCUT2D eigenvalue weighted by atomic mass is 16.6. The Balaban J connectivity index is 1.97. The number of nitro groups is 1. The number of nitrogens with one attached hydrogen (secondary N) is 1. The Hall–Kier alpha value is -3.13. The summed E-state index contributed by atoms with van der Waals surface area (Å²) in [5.74, 6) is 0.556. The van der Waals surface area contributed by atoms with Gasteiger partial charge in [0.15, 0.2) is 5.75 Å². The summed E-state index contributed by atoms with van der Waals surface area (Å²) in [7, 11) is 2.95. The van der Waals surface area contributed by atoms with Crippen LogP contribution in [0.3, 0.4) is 0 Å². The molecule has 27 heavy (non-hydrogen) atoms. The second-order valence-corrected chi connectivity index (χ2v) is 6.10. The minimum absolute atomic E-state index is 0.123. The first kappa shape index (κ1) is 18.7. The lowest BCUT2D eigenvalue weighted by Crippen LogP contribution is -2.48. The van der Waals surface area contributed by atoms with Crippen molar-refractivity contribution in [3.8, 4) is 11.5 Å². The van der Waals surface area contributed by atoms with Gasteiger partial charge in [0.25, 0.3) is 5.91 Å². The van der Waals surface area contributed by atoms with Crippen LogP contribution in [-0.2, 0) is 0 Å². The molecule has 1 aliphatic heterocycles. The Labute approximate surface area is 156 Å². The third-order valence-electron chi connectivity index (χ3n) is 4.62. The van der Waals surface area contributed by atoms with E-state index in [1.54, 1.807) is 18.1 Å². The zero-order chi connectivity index (χ0) is 19.4. The van der Waals surface area contributed by atoms with Gasteiger partial charge in [-0.1, -0.05) is 18.2 Å². The Kier molecular flexibility index (Phi) is 5.56. The highest BCUT2D eigenvalue weighted by Gasteiger charge is 2.31. The molecule has 142 valence electrons. The molecule has 1 fully saturated rings. The molecule has 0 aromatic heterocycles. The second kappa shape index (κ2) is 8.05. The largest absolute Gasteiger partial charge is 0.496 e. The Morgan fingerprint density at radius 2 is 1.93 bits per heavy atom. The summed E-state index contributed by atoms with van der Waals surface area (Å²) in [5.41, 5.74) is 0.917. The van der Waals surface area contributed by atoms with Crippen molar-refractivity contribution in [1.29, 1.82) is 0 Å². The van der Waals surface area contributed by atoms with Gasteiger partial charge < -0.3 is 19.7 Å². The molecule has 1 unspecified atom stereocenters. The van der Waals surface area contributed by atoms with Gasteiger partial charge in [-0.15, -0.1) is 0 Å². The smallest absolute Gasteiger partial charge is 0.311 e. The number of nitro benzene ring substituents is 1. The maximum atomic E-state index is 13.2. The van der Waals surface area contributed by atoms with Crippen molar-refractivity contribution >= 4 is 11.6 Å². The number of hydrogen-bond donors (Lipinski definition) is 1. The number of nitrogens with zero attached hydrogens (tertiary/aromatic N) is 2. The van der Waals surface area contributed by atoms with Crippen LogP contribution < -0.4 is 14.8 Å². The standard InChI is InChI=1S/C19H21N3O5/c1-26-17-6-4-3-5-14(17)16-12-20-9-10-21(16)19(23)13-7-8-18(27-2)15(11-13)22(24)25/h3-8,11,16,20H,9-10,12H2,1-2H3. The minimum Gasteiger partial charge on any atom is -0.496 e. The molecular formula is C19H21N3O5. The van der Waals surface area contributed by atoms with Crippen LogP contribution in [0.25, 0.3) is 0 Å². The van der Waals surface area contributed by atoms with Crippen LogP contribution in [0.4, 0.5) is 5.69 Å². The van der Waals surface area contributed by atoms with Crippen LogP contribution in [0.2, 0.25) is 0 Å². The summed E-state index contributed by atoms with van der Waals surface area (Å²) in [6, 6.07) is 11.6. The van der Waals surface area contributed by atoms with E-state index in [1.807, 2.05) is 24.3 Å². The van der Waals surface area contributed by atoms with Gasteiger partial charge in [-0.2, -0.15) is 0 Å². The van der Waals surface area contributed by atoms with E-state index in [4.69, 9.17) is 9.47 Å². The highest BCUT2D eigenvalue weighted by Crippen LogP contribution is 2.33. The van der Waals surface area contributed by atoms with E-state index in [9.17, 15) is 14.9 Å². The molecule has 1 heterocycles. The van der Waals surface area contributed by atoms with E-state index in [-0.39, 0.29) is 28.9 Å². The van der Waals surface area contributed by atoms with Crippen molar-refractivity contribution in [3.63, 3.8) is 0 Å². The molecule has 0 spiro atoms. The topological polar surface area (TPSA) is 93.9 Å². The van der Waals surface area contributed by atoms with E-state index in [0.29, 0.717) is 25.4 Å². The van der Waals surface area contributed by atoms with Gasteiger partial charge in [0.1, 0.15) is 5.75 Å². The Morgan fingerprint density at radius 1 is 1.19 bits per heavy atom. The molecule has 8 nitrogen and oxygen atoms in total. The number of carbonyl (C=O) groups is 1. The SMILES string of the molecule is COc1ccccc1C1CNCCN1C(=O)c1ccc(OC)c([N+](=O)[O-])c1. The fraction of sp³-hybridized carbons (Fsp3) is 0.316. The third kappa shape index (κ3) is 3.70. The van der Waals surface area contributed by atoms with E-state index in [1.165, 1.54) is 19.2 Å². The maximum absolute atomic E-state index is 13.2. The second-order valence-electron chi connectivity index (χ2n) is 6.10. The van der Waals surface area contributed by atoms with Crippen molar-refractivity contribution in [3.05, 3.63) is 63.7 Å². The van der Waals surface area contributed by atoms with Gasteiger partial charge in [-0.3, -0.25) is 14.9 Å². The monoisotopic (exact) mass is 371 g/mol. The third-order valence-corrected chi connectivity index (χ3v) is 4.62. The van der Waals surface area contributed by atoms with Crippen molar-refractivity contribution < 1.29 is 19.2 Å². The van der Waals surface area contributed by atoms with Gasteiger partial charge in [0.05, 0.1) is 25.2 Å². The average molecular weight is 371 g/mol. The molecule has 8 heteroatoms. The van der Waals surface area contributed by atoms with Crippen LogP contribution in [-0.4, -0.2) is 49.6 Å². The number of rotatable bonds is 5. The van der Waals surface area contributed by atoms with Crippen molar-refractivity contribution in [2.24, 2.45) is 0 Å². The summed E-state index contributed by atoms with van der Waals surface area (Å²) in [6.07, 6.45) is 0. The number of piperazine rings is 1.